The second-order valence-corrected chi connectivity index (χ2v) is 6.32. The van der Waals surface area contributed by atoms with Crippen molar-refractivity contribution in [2.75, 3.05) is 11.8 Å². The smallest absolute Gasteiger partial charge is 0.307 e. The molecule has 2 aromatic carbocycles. The first-order valence-electron chi connectivity index (χ1n) is 6.49. The molecule has 0 saturated heterocycles. The Bertz CT molecular complexity index is 818. The summed E-state index contributed by atoms with van der Waals surface area (Å²) >= 11 is 0. The lowest BCUT2D eigenvalue weighted by molar-refractivity contribution is -0.136. The molecule has 0 spiro atoms. The third kappa shape index (κ3) is 3.98. The van der Waals surface area contributed by atoms with Crippen molar-refractivity contribution in [2.45, 2.75) is 11.3 Å². The Morgan fingerprint density at radius 2 is 1.87 bits per heavy atom. The van der Waals surface area contributed by atoms with E-state index in [1.165, 1.54) is 43.5 Å². The summed E-state index contributed by atoms with van der Waals surface area (Å²) in [6, 6.07) is 9.23. The number of ether oxygens (including phenoxy) is 1. The number of hydrogen-bond donors (Lipinski definition) is 2. The number of carboxylic acids is 1. The number of halogens is 1. The fraction of sp³-hybridized carbons (Fsp3) is 0.133. The molecule has 0 bridgehead atoms. The summed E-state index contributed by atoms with van der Waals surface area (Å²) in [5.74, 6) is -1.73. The van der Waals surface area contributed by atoms with Crippen LogP contribution in [0.15, 0.2) is 47.4 Å². The second kappa shape index (κ2) is 6.66. The van der Waals surface area contributed by atoms with Gasteiger partial charge in [-0.05, 0) is 29.8 Å². The molecule has 0 amide bonds. The van der Waals surface area contributed by atoms with Crippen molar-refractivity contribution in [1.82, 2.24) is 0 Å². The van der Waals surface area contributed by atoms with Gasteiger partial charge in [-0.25, -0.2) is 12.8 Å². The lowest BCUT2D eigenvalue weighted by Gasteiger charge is -2.12. The van der Waals surface area contributed by atoms with Crippen LogP contribution in [0.2, 0.25) is 0 Å². The van der Waals surface area contributed by atoms with Crippen LogP contribution in [-0.4, -0.2) is 26.6 Å². The van der Waals surface area contributed by atoms with E-state index < -0.39 is 21.8 Å². The van der Waals surface area contributed by atoms with Gasteiger partial charge in [-0.3, -0.25) is 9.52 Å². The third-order valence-electron chi connectivity index (χ3n) is 3.02. The SMILES string of the molecule is COc1cccc(F)c1NS(=O)(=O)c1ccc(CC(=O)O)cc1. The van der Waals surface area contributed by atoms with Crippen LogP contribution in [-0.2, 0) is 21.2 Å². The van der Waals surface area contributed by atoms with Gasteiger partial charge in [0.25, 0.3) is 10.0 Å². The van der Waals surface area contributed by atoms with Crippen molar-refractivity contribution >= 4 is 21.7 Å². The molecule has 122 valence electrons. The number of sulfonamides is 1. The van der Waals surface area contributed by atoms with E-state index in [0.29, 0.717) is 5.56 Å². The number of benzene rings is 2. The van der Waals surface area contributed by atoms with E-state index in [4.69, 9.17) is 9.84 Å². The Balaban J connectivity index is 2.31. The van der Waals surface area contributed by atoms with Gasteiger partial charge < -0.3 is 9.84 Å². The highest BCUT2D eigenvalue weighted by atomic mass is 32.2. The van der Waals surface area contributed by atoms with Crippen LogP contribution in [0.3, 0.4) is 0 Å². The summed E-state index contributed by atoms with van der Waals surface area (Å²) in [7, 11) is -2.73. The van der Waals surface area contributed by atoms with E-state index in [1.807, 2.05) is 0 Å². The van der Waals surface area contributed by atoms with Crippen molar-refractivity contribution < 1.29 is 27.4 Å². The number of para-hydroxylation sites is 1. The van der Waals surface area contributed by atoms with Crippen LogP contribution in [0.1, 0.15) is 5.56 Å². The van der Waals surface area contributed by atoms with Gasteiger partial charge in [-0.2, -0.15) is 0 Å². The second-order valence-electron chi connectivity index (χ2n) is 4.64. The fourth-order valence-corrected chi connectivity index (χ4v) is 3.01. The Hall–Kier alpha value is -2.61. The maximum Gasteiger partial charge on any atom is 0.307 e. The molecule has 23 heavy (non-hydrogen) atoms. The fourth-order valence-electron chi connectivity index (χ4n) is 1.93. The van der Waals surface area contributed by atoms with E-state index in [9.17, 15) is 17.6 Å². The largest absolute Gasteiger partial charge is 0.494 e. The van der Waals surface area contributed by atoms with E-state index in [2.05, 4.69) is 4.72 Å². The monoisotopic (exact) mass is 339 g/mol. The minimum atomic E-state index is -4.03. The van der Waals surface area contributed by atoms with Crippen molar-refractivity contribution in [1.29, 1.82) is 0 Å². The summed E-state index contributed by atoms with van der Waals surface area (Å²) in [6.07, 6.45) is -0.213. The summed E-state index contributed by atoms with van der Waals surface area (Å²) in [5, 5.41) is 8.69. The molecule has 0 unspecified atom stereocenters. The number of anilines is 1. The number of methoxy groups -OCH3 is 1. The first-order chi connectivity index (χ1) is 10.8. The van der Waals surface area contributed by atoms with Gasteiger partial charge >= 0.3 is 5.97 Å². The maximum atomic E-state index is 13.8. The first-order valence-corrected chi connectivity index (χ1v) is 7.98. The summed E-state index contributed by atoms with van der Waals surface area (Å²) < 4.78 is 45.5. The molecule has 0 aliphatic carbocycles. The zero-order valence-corrected chi connectivity index (χ0v) is 12.9. The summed E-state index contributed by atoms with van der Waals surface area (Å²) in [4.78, 5) is 10.5. The maximum absolute atomic E-state index is 13.8. The lowest BCUT2D eigenvalue weighted by atomic mass is 10.2. The van der Waals surface area contributed by atoms with Crippen molar-refractivity contribution in [3.8, 4) is 5.75 Å². The van der Waals surface area contributed by atoms with Gasteiger partial charge in [0, 0.05) is 0 Å². The van der Waals surface area contributed by atoms with Crippen molar-refractivity contribution in [3.05, 3.63) is 53.8 Å². The van der Waals surface area contributed by atoms with Gasteiger partial charge in [0.2, 0.25) is 0 Å². The van der Waals surface area contributed by atoms with Gasteiger partial charge in [0.05, 0.1) is 18.4 Å². The zero-order chi connectivity index (χ0) is 17.0. The molecular weight excluding hydrogens is 325 g/mol. The minimum absolute atomic E-state index is 0.0519. The average molecular weight is 339 g/mol. The first kappa shape index (κ1) is 16.8. The van der Waals surface area contributed by atoms with E-state index >= 15 is 0 Å². The Labute approximate surface area is 132 Å². The molecular formula is C15H14FNO5S. The van der Waals surface area contributed by atoms with Crippen LogP contribution in [0.4, 0.5) is 10.1 Å². The van der Waals surface area contributed by atoms with Crippen molar-refractivity contribution in [3.63, 3.8) is 0 Å². The molecule has 0 fully saturated rings. The number of rotatable bonds is 6. The number of aliphatic carboxylic acids is 1. The summed E-state index contributed by atoms with van der Waals surface area (Å²) in [5.41, 5.74) is 0.171. The molecule has 2 rings (SSSR count). The van der Waals surface area contributed by atoms with Crippen LogP contribution in [0.5, 0.6) is 5.75 Å². The molecule has 0 radical (unpaired) electrons. The molecule has 2 aromatic rings. The van der Waals surface area contributed by atoms with Crippen LogP contribution < -0.4 is 9.46 Å². The molecule has 0 aliphatic rings. The number of hydrogen-bond acceptors (Lipinski definition) is 4. The number of carbonyl (C=O) groups is 1. The zero-order valence-electron chi connectivity index (χ0n) is 12.1. The Morgan fingerprint density at radius 3 is 2.43 bits per heavy atom. The van der Waals surface area contributed by atoms with Crippen LogP contribution in [0, 0.1) is 5.82 Å². The predicted octanol–water partition coefficient (Wildman–Crippen LogP) is 2.26. The number of nitrogens with one attached hydrogen (secondary N) is 1. The quantitative estimate of drug-likeness (QED) is 0.842. The molecule has 0 saturated carbocycles. The topological polar surface area (TPSA) is 92.7 Å². The van der Waals surface area contributed by atoms with Gasteiger partial charge in [-0.15, -0.1) is 0 Å². The van der Waals surface area contributed by atoms with E-state index in [1.54, 1.807) is 0 Å². The normalized spacial score (nSPS) is 11.0. The highest BCUT2D eigenvalue weighted by molar-refractivity contribution is 7.92. The summed E-state index contributed by atoms with van der Waals surface area (Å²) in [6.45, 7) is 0. The van der Waals surface area contributed by atoms with Crippen molar-refractivity contribution in [2.24, 2.45) is 0 Å². The predicted molar refractivity (Wildman–Crippen MR) is 81.5 cm³/mol. The molecule has 0 atom stereocenters. The average Bonchev–Trinajstić information content (AvgIpc) is 2.49. The highest BCUT2D eigenvalue weighted by Crippen LogP contribution is 2.29. The lowest BCUT2D eigenvalue weighted by Crippen LogP contribution is -2.15. The standard InChI is InChI=1S/C15H14FNO5S/c1-22-13-4-2-3-12(16)15(13)17-23(20,21)11-7-5-10(6-8-11)9-14(18)19/h2-8,17H,9H2,1H3,(H,18,19). The molecule has 6 nitrogen and oxygen atoms in total. The Morgan fingerprint density at radius 1 is 1.22 bits per heavy atom. The highest BCUT2D eigenvalue weighted by Gasteiger charge is 2.19. The molecule has 8 heteroatoms. The van der Waals surface area contributed by atoms with E-state index in [0.717, 1.165) is 6.07 Å². The van der Waals surface area contributed by atoms with Crippen LogP contribution >= 0.6 is 0 Å². The molecule has 0 heterocycles. The third-order valence-corrected chi connectivity index (χ3v) is 4.39. The van der Waals surface area contributed by atoms with E-state index in [-0.39, 0.29) is 22.8 Å². The van der Waals surface area contributed by atoms with Crippen LogP contribution in [0.25, 0.3) is 0 Å². The van der Waals surface area contributed by atoms with Gasteiger partial charge in [-0.1, -0.05) is 18.2 Å². The minimum Gasteiger partial charge on any atom is -0.494 e. The van der Waals surface area contributed by atoms with Gasteiger partial charge in [0.1, 0.15) is 11.4 Å². The molecule has 0 aliphatic heterocycles. The Kier molecular flexibility index (Phi) is 4.85. The molecule has 2 N–H and O–H groups in total. The van der Waals surface area contributed by atoms with Gasteiger partial charge in [0.15, 0.2) is 5.82 Å². The number of carboxylic acid groups (broad SMARTS) is 1. The molecule has 0 aromatic heterocycles.